The van der Waals surface area contributed by atoms with Gasteiger partial charge in [-0.15, -0.1) is 0 Å². The number of ether oxygens (including phenoxy) is 2. The summed E-state index contributed by atoms with van der Waals surface area (Å²) in [6.07, 6.45) is 1.54. The van der Waals surface area contributed by atoms with Crippen molar-refractivity contribution in [3.63, 3.8) is 0 Å². The Labute approximate surface area is 165 Å². The summed E-state index contributed by atoms with van der Waals surface area (Å²) in [7, 11) is 3.14. The summed E-state index contributed by atoms with van der Waals surface area (Å²) >= 11 is 0. The molecule has 3 rings (SSSR count). The van der Waals surface area contributed by atoms with Crippen LogP contribution in [0.2, 0.25) is 0 Å². The van der Waals surface area contributed by atoms with Crippen molar-refractivity contribution in [2.45, 2.75) is 12.8 Å². The fourth-order valence-electron chi connectivity index (χ4n) is 3.49. The zero-order valence-corrected chi connectivity index (χ0v) is 16.3. The van der Waals surface area contributed by atoms with Crippen LogP contribution in [0.5, 0.6) is 11.5 Å². The van der Waals surface area contributed by atoms with Crippen molar-refractivity contribution in [3.8, 4) is 11.5 Å². The lowest BCUT2D eigenvalue weighted by Gasteiger charge is -2.30. The molecule has 2 aromatic rings. The van der Waals surface area contributed by atoms with E-state index in [2.05, 4.69) is 10.2 Å². The second kappa shape index (κ2) is 9.37. The number of Topliss-reactive ketones (excluding diaryl/α,β-unsaturated/α-hetero) is 1. The van der Waals surface area contributed by atoms with Crippen molar-refractivity contribution in [2.24, 2.45) is 5.92 Å². The molecule has 0 aromatic heterocycles. The van der Waals surface area contributed by atoms with Gasteiger partial charge in [0.1, 0.15) is 11.5 Å². The fraction of sp³-hybridized carbons (Fsp3) is 0.364. The summed E-state index contributed by atoms with van der Waals surface area (Å²) < 4.78 is 10.5. The van der Waals surface area contributed by atoms with E-state index in [-0.39, 0.29) is 17.6 Å². The van der Waals surface area contributed by atoms with Gasteiger partial charge in [0.25, 0.3) is 0 Å². The maximum atomic E-state index is 12.6. The Bertz CT molecular complexity index is 815. The van der Waals surface area contributed by atoms with Gasteiger partial charge in [-0.05, 0) is 38.1 Å². The van der Waals surface area contributed by atoms with E-state index in [4.69, 9.17) is 9.47 Å². The molecule has 1 aliphatic rings. The van der Waals surface area contributed by atoms with Crippen LogP contribution >= 0.6 is 0 Å². The van der Waals surface area contributed by atoms with Crippen molar-refractivity contribution in [3.05, 3.63) is 54.1 Å². The lowest BCUT2D eigenvalue weighted by Crippen LogP contribution is -2.40. The zero-order chi connectivity index (χ0) is 19.9. The molecule has 0 atom stereocenters. The smallest absolute Gasteiger partial charge is 0.238 e. The summed E-state index contributed by atoms with van der Waals surface area (Å²) in [4.78, 5) is 27.1. The van der Waals surface area contributed by atoms with Gasteiger partial charge in [0.2, 0.25) is 5.91 Å². The van der Waals surface area contributed by atoms with Gasteiger partial charge in [0, 0.05) is 17.5 Å². The first-order chi connectivity index (χ1) is 13.6. The number of hydrogen-bond donors (Lipinski definition) is 1. The maximum Gasteiger partial charge on any atom is 0.238 e. The van der Waals surface area contributed by atoms with Crippen LogP contribution in [0.15, 0.2) is 48.5 Å². The van der Waals surface area contributed by atoms with Crippen molar-refractivity contribution >= 4 is 17.4 Å². The number of carbonyl (C=O) groups excluding carboxylic acids is 2. The SMILES string of the molecule is COc1ccc(NC(=O)CN2CCC(C(=O)c3ccccc3)CC2)c(OC)c1. The predicted octanol–water partition coefficient (Wildman–Crippen LogP) is 3.24. The van der Waals surface area contributed by atoms with Crippen LogP contribution in [0.4, 0.5) is 5.69 Å². The zero-order valence-electron chi connectivity index (χ0n) is 16.3. The minimum atomic E-state index is -0.101. The van der Waals surface area contributed by atoms with Gasteiger partial charge >= 0.3 is 0 Å². The molecule has 1 amide bonds. The molecule has 0 radical (unpaired) electrons. The van der Waals surface area contributed by atoms with Gasteiger partial charge in [0.05, 0.1) is 26.5 Å². The van der Waals surface area contributed by atoms with E-state index in [1.807, 2.05) is 30.3 Å². The van der Waals surface area contributed by atoms with E-state index in [0.29, 0.717) is 23.7 Å². The van der Waals surface area contributed by atoms with Crippen LogP contribution < -0.4 is 14.8 Å². The van der Waals surface area contributed by atoms with Crippen LogP contribution in [0.25, 0.3) is 0 Å². The molecule has 0 unspecified atom stereocenters. The van der Waals surface area contributed by atoms with Crippen LogP contribution in [-0.4, -0.2) is 50.4 Å². The summed E-state index contributed by atoms with van der Waals surface area (Å²) in [6.45, 7) is 1.76. The summed E-state index contributed by atoms with van der Waals surface area (Å²) in [6, 6.07) is 14.7. The Balaban J connectivity index is 1.51. The molecule has 0 spiro atoms. The highest BCUT2D eigenvalue weighted by atomic mass is 16.5. The van der Waals surface area contributed by atoms with Gasteiger partial charge in [-0.1, -0.05) is 30.3 Å². The number of hydrogen-bond acceptors (Lipinski definition) is 5. The summed E-state index contributed by atoms with van der Waals surface area (Å²) in [5.41, 5.74) is 1.38. The first-order valence-electron chi connectivity index (χ1n) is 9.44. The van der Waals surface area contributed by atoms with Gasteiger partial charge in [-0.2, -0.15) is 0 Å². The first kappa shape index (κ1) is 19.9. The lowest BCUT2D eigenvalue weighted by molar-refractivity contribution is -0.117. The Morgan fingerprint density at radius 1 is 1.04 bits per heavy atom. The molecule has 2 aromatic carbocycles. The number of likely N-dealkylation sites (tertiary alicyclic amines) is 1. The molecule has 148 valence electrons. The molecule has 0 saturated carbocycles. The Morgan fingerprint density at radius 3 is 2.39 bits per heavy atom. The number of rotatable bonds is 7. The second-order valence-corrected chi connectivity index (χ2v) is 6.90. The highest BCUT2D eigenvalue weighted by molar-refractivity contribution is 5.98. The number of nitrogens with zero attached hydrogens (tertiary/aromatic N) is 1. The third-order valence-corrected chi connectivity index (χ3v) is 5.07. The average Bonchev–Trinajstić information content (AvgIpc) is 2.74. The molecule has 1 N–H and O–H groups in total. The van der Waals surface area contributed by atoms with Crippen molar-refractivity contribution in [1.82, 2.24) is 4.90 Å². The molecule has 6 heteroatoms. The van der Waals surface area contributed by atoms with Gasteiger partial charge in [-0.3, -0.25) is 14.5 Å². The fourth-order valence-corrected chi connectivity index (χ4v) is 3.49. The van der Waals surface area contributed by atoms with Gasteiger partial charge < -0.3 is 14.8 Å². The van der Waals surface area contributed by atoms with E-state index in [1.165, 1.54) is 0 Å². The normalized spacial score (nSPS) is 15.1. The molecule has 0 aliphatic carbocycles. The molecular weight excluding hydrogens is 356 g/mol. The molecule has 0 bridgehead atoms. The third-order valence-electron chi connectivity index (χ3n) is 5.07. The second-order valence-electron chi connectivity index (χ2n) is 6.90. The molecule has 28 heavy (non-hydrogen) atoms. The number of nitrogens with one attached hydrogen (secondary N) is 1. The summed E-state index contributed by atoms with van der Waals surface area (Å²) in [5.74, 6) is 1.35. The molecular formula is C22H26N2O4. The standard InChI is InChI=1S/C22H26N2O4/c1-27-18-8-9-19(20(14-18)28-2)23-21(25)15-24-12-10-17(11-13-24)22(26)16-6-4-3-5-7-16/h3-9,14,17H,10-13,15H2,1-2H3,(H,23,25). The third kappa shape index (κ3) is 4.89. The minimum Gasteiger partial charge on any atom is -0.497 e. The number of piperidine rings is 1. The van der Waals surface area contributed by atoms with E-state index < -0.39 is 0 Å². The maximum absolute atomic E-state index is 12.6. The number of ketones is 1. The molecule has 1 fully saturated rings. The molecule has 1 heterocycles. The predicted molar refractivity (Wildman–Crippen MR) is 108 cm³/mol. The number of carbonyl (C=O) groups is 2. The van der Waals surface area contributed by atoms with E-state index >= 15 is 0 Å². The van der Waals surface area contributed by atoms with Gasteiger partial charge in [-0.25, -0.2) is 0 Å². The molecule has 1 aliphatic heterocycles. The van der Waals surface area contributed by atoms with E-state index in [9.17, 15) is 9.59 Å². The van der Waals surface area contributed by atoms with E-state index in [0.717, 1.165) is 31.5 Å². The molecule has 6 nitrogen and oxygen atoms in total. The Morgan fingerprint density at radius 2 is 1.75 bits per heavy atom. The summed E-state index contributed by atoms with van der Waals surface area (Å²) in [5, 5.41) is 2.89. The van der Waals surface area contributed by atoms with Crippen LogP contribution in [-0.2, 0) is 4.79 Å². The quantitative estimate of drug-likeness (QED) is 0.745. The number of benzene rings is 2. The van der Waals surface area contributed by atoms with Crippen molar-refractivity contribution < 1.29 is 19.1 Å². The van der Waals surface area contributed by atoms with E-state index in [1.54, 1.807) is 32.4 Å². The van der Waals surface area contributed by atoms with Gasteiger partial charge in [0.15, 0.2) is 5.78 Å². The van der Waals surface area contributed by atoms with Crippen LogP contribution in [0, 0.1) is 5.92 Å². The largest absolute Gasteiger partial charge is 0.497 e. The van der Waals surface area contributed by atoms with Crippen LogP contribution in [0.1, 0.15) is 23.2 Å². The number of anilines is 1. The highest BCUT2D eigenvalue weighted by Crippen LogP contribution is 2.29. The average molecular weight is 382 g/mol. The number of methoxy groups -OCH3 is 2. The first-order valence-corrected chi connectivity index (χ1v) is 9.44. The minimum absolute atomic E-state index is 0.0309. The Kier molecular flexibility index (Phi) is 6.66. The lowest BCUT2D eigenvalue weighted by atomic mass is 9.89. The topological polar surface area (TPSA) is 67.9 Å². The Hall–Kier alpha value is -2.86. The van der Waals surface area contributed by atoms with Crippen molar-refractivity contribution in [1.29, 1.82) is 0 Å². The number of amides is 1. The highest BCUT2D eigenvalue weighted by Gasteiger charge is 2.26. The van der Waals surface area contributed by atoms with Crippen LogP contribution in [0.3, 0.4) is 0 Å². The monoisotopic (exact) mass is 382 g/mol. The molecule has 1 saturated heterocycles. The van der Waals surface area contributed by atoms with Crippen molar-refractivity contribution in [2.75, 3.05) is 39.2 Å².